The van der Waals surface area contributed by atoms with Gasteiger partial charge in [-0.2, -0.15) is 10.2 Å². The van der Waals surface area contributed by atoms with Crippen molar-refractivity contribution in [2.24, 2.45) is 0 Å². The third kappa shape index (κ3) is 3.88. The van der Waals surface area contributed by atoms with Crippen LogP contribution in [-0.4, -0.2) is 61.4 Å². The molecule has 8 heteroatoms. The van der Waals surface area contributed by atoms with Crippen molar-refractivity contribution < 1.29 is 4.79 Å². The molecule has 1 aliphatic rings. The normalized spacial score (nSPS) is 15.8. The zero-order valence-electron chi connectivity index (χ0n) is 15.1. The molecule has 1 fully saturated rings. The monoisotopic (exact) mass is 364 g/mol. The van der Waals surface area contributed by atoms with Gasteiger partial charge in [-0.15, -0.1) is 0 Å². The lowest BCUT2D eigenvalue weighted by Crippen LogP contribution is -2.48. The van der Waals surface area contributed by atoms with E-state index in [2.05, 4.69) is 28.2 Å². The van der Waals surface area contributed by atoms with Gasteiger partial charge in [0.05, 0.1) is 10.7 Å². The van der Waals surface area contributed by atoms with Gasteiger partial charge in [0.15, 0.2) is 5.69 Å². The van der Waals surface area contributed by atoms with Gasteiger partial charge >= 0.3 is 0 Å². The second-order valence-electron chi connectivity index (χ2n) is 6.35. The van der Waals surface area contributed by atoms with E-state index in [-0.39, 0.29) is 5.91 Å². The van der Waals surface area contributed by atoms with E-state index in [1.807, 2.05) is 23.4 Å². The Morgan fingerprint density at radius 2 is 1.72 bits per heavy atom. The first-order valence-corrected chi connectivity index (χ1v) is 9.17. The summed E-state index contributed by atoms with van der Waals surface area (Å²) in [5.41, 5.74) is 2.70. The van der Waals surface area contributed by atoms with E-state index < -0.39 is 0 Å². The van der Waals surface area contributed by atoms with Gasteiger partial charge in [-0.3, -0.25) is 19.1 Å². The van der Waals surface area contributed by atoms with Crippen LogP contribution in [0, 0.1) is 6.92 Å². The van der Waals surface area contributed by atoms with E-state index in [1.54, 1.807) is 10.9 Å². The van der Waals surface area contributed by atoms with E-state index in [0.717, 1.165) is 31.9 Å². The van der Waals surface area contributed by atoms with Gasteiger partial charge in [0.2, 0.25) is 0 Å². The molecule has 25 heavy (non-hydrogen) atoms. The zero-order valence-corrected chi connectivity index (χ0v) is 15.8. The maximum atomic E-state index is 12.6. The molecule has 3 heterocycles. The number of carbonyl (C=O) groups is 1. The van der Waals surface area contributed by atoms with Gasteiger partial charge in [0.25, 0.3) is 5.91 Å². The van der Waals surface area contributed by atoms with Gasteiger partial charge in [-0.05, 0) is 20.8 Å². The van der Waals surface area contributed by atoms with Crippen molar-refractivity contribution >= 4 is 17.5 Å². The Hall–Kier alpha value is -1.86. The molecule has 1 saturated heterocycles. The Morgan fingerprint density at radius 1 is 1.08 bits per heavy atom. The first-order valence-electron chi connectivity index (χ1n) is 8.79. The van der Waals surface area contributed by atoms with Crippen LogP contribution in [0.3, 0.4) is 0 Å². The topological polar surface area (TPSA) is 59.2 Å². The fraction of sp³-hybridized carbons (Fsp3) is 0.588. The lowest BCUT2D eigenvalue weighted by atomic mass is 10.2. The quantitative estimate of drug-likeness (QED) is 0.814. The van der Waals surface area contributed by atoms with Crippen LogP contribution in [0.2, 0.25) is 5.02 Å². The molecule has 0 atom stereocenters. The largest absolute Gasteiger partial charge is 0.335 e. The maximum Gasteiger partial charge on any atom is 0.276 e. The number of halogens is 1. The molecule has 0 unspecified atom stereocenters. The van der Waals surface area contributed by atoms with Gasteiger partial charge in [0.1, 0.15) is 0 Å². The molecule has 1 aliphatic heterocycles. The van der Waals surface area contributed by atoms with Gasteiger partial charge in [-0.1, -0.05) is 11.6 Å². The predicted molar refractivity (Wildman–Crippen MR) is 96.7 cm³/mol. The number of rotatable bonds is 5. The van der Waals surface area contributed by atoms with Crippen molar-refractivity contribution in [1.82, 2.24) is 29.4 Å². The minimum absolute atomic E-state index is 0.0770. The van der Waals surface area contributed by atoms with Crippen molar-refractivity contribution in [3.63, 3.8) is 0 Å². The summed E-state index contributed by atoms with van der Waals surface area (Å²) in [6, 6.07) is 0. The summed E-state index contributed by atoms with van der Waals surface area (Å²) in [5.74, 6) is -0.0770. The van der Waals surface area contributed by atoms with Crippen LogP contribution < -0.4 is 0 Å². The van der Waals surface area contributed by atoms with Gasteiger partial charge in [-0.25, -0.2) is 0 Å². The number of hydrogen-bond acceptors (Lipinski definition) is 4. The molecule has 1 amide bonds. The summed E-state index contributed by atoms with van der Waals surface area (Å²) in [6.07, 6.45) is 3.82. The molecule has 0 aliphatic carbocycles. The number of aromatic nitrogens is 4. The summed E-state index contributed by atoms with van der Waals surface area (Å²) in [7, 11) is 0. The lowest BCUT2D eigenvalue weighted by Gasteiger charge is -2.34. The second-order valence-corrected chi connectivity index (χ2v) is 6.75. The van der Waals surface area contributed by atoms with Crippen LogP contribution in [0.5, 0.6) is 0 Å². The van der Waals surface area contributed by atoms with Crippen LogP contribution in [0.15, 0.2) is 12.4 Å². The molecule has 2 aromatic heterocycles. The summed E-state index contributed by atoms with van der Waals surface area (Å²) < 4.78 is 3.66. The Kier molecular flexibility index (Phi) is 5.44. The SMILES string of the molecule is CCn1cc(CN2CCN(C(=O)c3nn(CC)cc3Cl)CC2)c(C)n1. The van der Waals surface area contributed by atoms with Crippen LogP contribution in [0.25, 0.3) is 0 Å². The highest BCUT2D eigenvalue weighted by atomic mass is 35.5. The van der Waals surface area contributed by atoms with Crippen molar-refractivity contribution in [3.05, 3.63) is 34.4 Å². The molecular weight excluding hydrogens is 340 g/mol. The summed E-state index contributed by atoms with van der Waals surface area (Å²) in [6.45, 7) is 11.6. The van der Waals surface area contributed by atoms with E-state index in [9.17, 15) is 4.79 Å². The predicted octanol–water partition coefficient (Wildman–Crippen LogP) is 2.04. The zero-order chi connectivity index (χ0) is 18.0. The van der Waals surface area contributed by atoms with Gasteiger partial charge < -0.3 is 4.90 Å². The molecule has 0 radical (unpaired) electrons. The number of aryl methyl sites for hydroxylation is 3. The van der Waals surface area contributed by atoms with E-state index in [4.69, 9.17) is 11.6 Å². The van der Waals surface area contributed by atoms with Crippen LogP contribution in [0.1, 0.15) is 35.6 Å². The van der Waals surface area contributed by atoms with E-state index >= 15 is 0 Å². The fourth-order valence-corrected chi connectivity index (χ4v) is 3.31. The minimum Gasteiger partial charge on any atom is -0.335 e. The fourth-order valence-electron chi connectivity index (χ4n) is 3.08. The number of amides is 1. The molecule has 0 spiro atoms. The smallest absolute Gasteiger partial charge is 0.276 e. The standard InChI is InChI=1S/C17H25ClN6O/c1-4-23-11-14(13(3)19-23)10-21-6-8-22(9-7-21)17(25)16-15(18)12-24(5-2)20-16/h11-12H,4-10H2,1-3H3. The third-order valence-electron chi connectivity index (χ3n) is 4.67. The summed E-state index contributed by atoms with van der Waals surface area (Å²) >= 11 is 6.16. The number of carbonyl (C=O) groups excluding carboxylic acids is 1. The first-order chi connectivity index (χ1) is 12.0. The third-order valence-corrected chi connectivity index (χ3v) is 4.95. The van der Waals surface area contributed by atoms with E-state index in [1.165, 1.54) is 5.56 Å². The van der Waals surface area contributed by atoms with Crippen molar-refractivity contribution in [2.45, 2.75) is 40.4 Å². The molecule has 0 aromatic carbocycles. The van der Waals surface area contributed by atoms with Crippen LogP contribution >= 0.6 is 11.6 Å². The molecular formula is C17H25ClN6O. The van der Waals surface area contributed by atoms with Crippen LogP contribution in [0.4, 0.5) is 0 Å². The molecule has 3 rings (SSSR count). The number of piperazine rings is 1. The molecule has 0 saturated carbocycles. The molecule has 0 N–H and O–H groups in total. The lowest BCUT2D eigenvalue weighted by molar-refractivity contribution is 0.0621. The minimum atomic E-state index is -0.0770. The van der Waals surface area contributed by atoms with E-state index in [0.29, 0.717) is 30.4 Å². The Bertz CT molecular complexity index is 744. The molecule has 7 nitrogen and oxygen atoms in total. The number of hydrogen-bond donors (Lipinski definition) is 0. The Balaban J connectivity index is 1.58. The number of nitrogens with zero attached hydrogens (tertiary/aromatic N) is 6. The highest BCUT2D eigenvalue weighted by molar-refractivity contribution is 6.33. The Labute approximate surface area is 153 Å². The van der Waals surface area contributed by atoms with Crippen LogP contribution in [-0.2, 0) is 19.6 Å². The summed E-state index contributed by atoms with van der Waals surface area (Å²) in [4.78, 5) is 16.8. The van der Waals surface area contributed by atoms with Crippen molar-refractivity contribution in [3.8, 4) is 0 Å². The average Bonchev–Trinajstić information content (AvgIpc) is 3.17. The highest BCUT2D eigenvalue weighted by Crippen LogP contribution is 2.18. The average molecular weight is 365 g/mol. The maximum absolute atomic E-state index is 12.6. The van der Waals surface area contributed by atoms with Gasteiger partial charge in [0, 0.05) is 63.8 Å². The molecule has 0 bridgehead atoms. The highest BCUT2D eigenvalue weighted by Gasteiger charge is 2.26. The van der Waals surface area contributed by atoms with Crippen molar-refractivity contribution in [1.29, 1.82) is 0 Å². The molecule has 2 aromatic rings. The summed E-state index contributed by atoms with van der Waals surface area (Å²) in [5, 5.41) is 9.21. The second kappa shape index (κ2) is 7.58. The Morgan fingerprint density at radius 3 is 2.28 bits per heavy atom. The van der Waals surface area contributed by atoms with Crippen molar-refractivity contribution in [2.75, 3.05) is 26.2 Å². The molecule has 136 valence electrons. The first kappa shape index (κ1) is 17.9.